The van der Waals surface area contributed by atoms with Crippen molar-refractivity contribution in [1.82, 2.24) is 4.98 Å². The van der Waals surface area contributed by atoms with E-state index in [0.29, 0.717) is 5.88 Å². The third-order valence-electron chi connectivity index (χ3n) is 3.43. The third-order valence-corrected chi connectivity index (χ3v) is 3.43. The molecule has 0 spiro atoms. The highest BCUT2D eigenvalue weighted by Crippen LogP contribution is 2.29. The van der Waals surface area contributed by atoms with Crippen molar-refractivity contribution in [1.29, 1.82) is 0 Å². The van der Waals surface area contributed by atoms with Gasteiger partial charge in [-0.05, 0) is 37.8 Å². The normalized spacial score (nSPS) is 17.5. The largest absolute Gasteiger partial charge is 0.481 e. The van der Waals surface area contributed by atoms with Crippen molar-refractivity contribution in [3.63, 3.8) is 0 Å². The average molecular weight is 292 g/mol. The van der Waals surface area contributed by atoms with Gasteiger partial charge in [0.25, 0.3) is 0 Å². The molecule has 0 N–H and O–H groups in total. The van der Waals surface area contributed by atoms with Gasteiger partial charge in [-0.15, -0.1) is 0 Å². The van der Waals surface area contributed by atoms with Crippen LogP contribution in [0.1, 0.15) is 45.7 Å². The monoisotopic (exact) mass is 292 g/mol. The second kappa shape index (κ2) is 8.67. The first kappa shape index (κ1) is 17.5. The molecule has 1 aromatic rings. The van der Waals surface area contributed by atoms with Crippen LogP contribution in [0.2, 0.25) is 0 Å². The van der Waals surface area contributed by atoms with Gasteiger partial charge in [-0.2, -0.15) is 0 Å². The van der Waals surface area contributed by atoms with Crippen LogP contribution in [0, 0.1) is 0 Å². The summed E-state index contributed by atoms with van der Waals surface area (Å²) in [4.78, 5) is 6.64. The van der Waals surface area contributed by atoms with E-state index in [1.54, 1.807) is 7.11 Å². The van der Waals surface area contributed by atoms with Gasteiger partial charge in [0.2, 0.25) is 5.88 Å². The molecular formula is C17H28N2O2. The standard InChI is InChI=1S/C15H22N2O2.C2H6/c1-11(2)15-12(8-9-13(16-15)18-4)17(3)14-7-5-6-10-19-14;1-2/h8-9,14H,1,5-7,10H2,2-4H3;1-2H3. The lowest BCUT2D eigenvalue weighted by Crippen LogP contribution is -2.37. The van der Waals surface area contributed by atoms with E-state index < -0.39 is 0 Å². The molecule has 4 nitrogen and oxygen atoms in total. The van der Waals surface area contributed by atoms with Gasteiger partial charge in [0.1, 0.15) is 6.23 Å². The summed E-state index contributed by atoms with van der Waals surface area (Å²) in [6.07, 6.45) is 3.54. The Hall–Kier alpha value is -1.55. The summed E-state index contributed by atoms with van der Waals surface area (Å²) in [5, 5.41) is 0. The summed E-state index contributed by atoms with van der Waals surface area (Å²) < 4.78 is 11.0. The van der Waals surface area contributed by atoms with Gasteiger partial charge in [-0.25, -0.2) is 4.98 Å². The maximum absolute atomic E-state index is 5.82. The van der Waals surface area contributed by atoms with Crippen molar-refractivity contribution in [3.8, 4) is 5.88 Å². The average Bonchev–Trinajstić information content (AvgIpc) is 2.56. The van der Waals surface area contributed by atoms with Crippen molar-refractivity contribution in [2.75, 3.05) is 25.7 Å². The molecule has 1 aromatic heterocycles. The highest BCUT2D eigenvalue weighted by Gasteiger charge is 2.21. The molecule has 1 aliphatic rings. The van der Waals surface area contributed by atoms with Crippen molar-refractivity contribution in [2.24, 2.45) is 0 Å². The Morgan fingerprint density at radius 3 is 2.62 bits per heavy atom. The molecule has 1 unspecified atom stereocenters. The minimum absolute atomic E-state index is 0.127. The molecule has 2 heterocycles. The number of hydrogen-bond donors (Lipinski definition) is 0. The number of rotatable bonds is 4. The van der Waals surface area contributed by atoms with Crippen LogP contribution in [0.4, 0.5) is 5.69 Å². The minimum atomic E-state index is 0.127. The second-order valence-electron chi connectivity index (χ2n) is 4.93. The zero-order chi connectivity index (χ0) is 15.8. The molecule has 118 valence electrons. The molecule has 0 aliphatic carbocycles. The first-order chi connectivity index (χ1) is 10.1. The Morgan fingerprint density at radius 2 is 2.10 bits per heavy atom. The van der Waals surface area contributed by atoms with E-state index in [0.717, 1.165) is 36.4 Å². The number of methoxy groups -OCH3 is 1. The van der Waals surface area contributed by atoms with Crippen LogP contribution in [0.25, 0.3) is 5.57 Å². The fourth-order valence-corrected chi connectivity index (χ4v) is 2.33. The topological polar surface area (TPSA) is 34.6 Å². The van der Waals surface area contributed by atoms with Crippen LogP contribution in [-0.2, 0) is 4.74 Å². The maximum atomic E-state index is 5.82. The van der Waals surface area contributed by atoms with Crippen LogP contribution >= 0.6 is 0 Å². The van der Waals surface area contributed by atoms with E-state index in [-0.39, 0.29) is 6.23 Å². The highest BCUT2D eigenvalue weighted by molar-refractivity contribution is 5.72. The molecule has 0 amide bonds. The molecule has 0 bridgehead atoms. The zero-order valence-electron chi connectivity index (χ0n) is 14.0. The van der Waals surface area contributed by atoms with E-state index in [1.807, 2.05) is 40.0 Å². The van der Waals surface area contributed by atoms with Gasteiger partial charge in [0.05, 0.1) is 18.5 Å². The number of pyridine rings is 1. The summed E-state index contributed by atoms with van der Waals surface area (Å²) >= 11 is 0. The lowest BCUT2D eigenvalue weighted by atomic mass is 10.1. The Bertz CT molecular complexity index is 454. The molecule has 0 radical (unpaired) electrons. The van der Waals surface area contributed by atoms with Crippen LogP contribution in [0.5, 0.6) is 5.88 Å². The predicted molar refractivity (Wildman–Crippen MR) is 88.8 cm³/mol. The first-order valence-corrected chi connectivity index (χ1v) is 7.69. The van der Waals surface area contributed by atoms with Crippen molar-refractivity contribution in [3.05, 3.63) is 24.4 Å². The fourth-order valence-electron chi connectivity index (χ4n) is 2.33. The molecule has 1 saturated heterocycles. The Balaban J connectivity index is 0.00000106. The lowest BCUT2D eigenvalue weighted by Gasteiger charge is -2.33. The molecule has 1 aliphatic heterocycles. The first-order valence-electron chi connectivity index (χ1n) is 7.69. The number of nitrogens with zero attached hydrogens (tertiary/aromatic N) is 2. The van der Waals surface area contributed by atoms with Crippen LogP contribution < -0.4 is 9.64 Å². The van der Waals surface area contributed by atoms with Gasteiger partial charge < -0.3 is 14.4 Å². The third kappa shape index (κ3) is 4.46. The Morgan fingerprint density at radius 1 is 1.38 bits per heavy atom. The number of ether oxygens (including phenoxy) is 2. The molecule has 0 saturated carbocycles. The zero-order valence-corrected chi connectivity index (χ0v) is 14.0. The van der Waals surface area contributed by atoms with E-state index in [1.165, 1.54) is 6.42 Å². The quantitative estimate of drug-likeness (QED) is 0.836. The molecular weight excluding hydrogens is 264 g/mol. The smallest absolute Gasteiger partial charge is 0.213 e. The highest BCUT2D eigenvalue weighted by atomic mass is 16.5. The summed E-state index contributed by atoms with van der Waals surface area (Å²) in [5.41, 5.74) is 2.84. The Kier molecular flexibility index (Phi) is 7.23. The second-order valence-corrected chi connectivity index (χ2v) is 4.93. The predicted octanol–water partition coefficient (Wildman–Crippen LogP) is 4.11. The summed E-state index contributed by atoms with van der Waals surface area (Å²) in [6, 6.07) is 3.90. The fraction of sp³-hybridized carbons (Fsp3) is 0.588. The maximum Gasteiger partial charge on any atom is 0.213 e. The van der Waals surface area contributed by atoms with Gasteiger partial charge in [-0.1, -0.05) is 20.4 Å². The van der Waals surface area contributed by atoms with Crippen LogP contribution in [0.15, 0.2) is 18.7 Å². The molecule has 1 fully saturated rings. The number of allylic oxidation sites excluding steroid dienone is 1. The van der Waals surface area contributed by atoms with Crippen molar-refractivity contribution < 1.29 is 9.47 Å². The summed E-state index contributed by atoms with van der Waals surface area (Å²) in [6.45, 7) is 10.8. The van der Waals surface area contributed by atoms with Gasteiger partial charge in [-0.3, -0.25) is 0 Å². The van der Waals surface area contributed by atoms with Gasteiger partial charge in [0, 0.05) is 19.7 Å². The molecule has 4 heteroatoms. The lowest BCUT2D eigenvalue weighted by molar-refractivity contribution is 0.0173. The van der Waals surface area contributed by atoms with Gasteiger partial charge in [0.15, 0.2) is 0 Å². The van der Waals surface area contributed by atoms with Crippen LogP contribution in [0.3, 0.4) is 0 Å². The molecule has 1 atom stereocenters. The Labute approximate surface area is 128 Å². The van der Waals surface area contributed by atoms with Crippen LogP contribution in [-0.4, -0.2) is 32.0 Å². The molecule has 21 heavy (non-hydrogen) atoms. The summed E-state index contributed by atoms with van der Waals surface area (Å²) in [7, 11) is 3.67. The van der Waals surface area contributed by atoms with E-state index in [9.17, 15) is 0 Å². The van der Waals surface area contributed by atoms with Crippen molar-refractivity contribution >= 4 is 11.3 Å². The van der Waals surface area contributed by atoms with Gasteiger partial charge >= 0.3 is 0 Å². The van der Waals surface area contributed by atoms with Crippen molar-refractivity contribution in [2.45, 2.75) is 46.3 Å². The summed E-state index contributed by atoms with van der Waals surface area (Å²) in [5.74, 6) is 0.611. The molecule has 0 aromatic carbocycles. The van der Waals surface area contributed by atoms with E-state index in [2.05, 4.69) is 16.5 Å². The van der Waals surface area contributed by atoms with E-state index in [4.69, 9.17) is 9.47 Å². The SMILES string of the molecule is C=C(C)c1nc(OC)ccc1N(C)C1CCCCO1.CC. The minimum Gasteiger partial charge on any atom is -0.481 e. The molecule has 2 rings (SSSR count). The number of anilines is 1. The number of aromatic nitrogens is 1. The van der Waals surface area contributed by atoms with E-state index >= 15 is 0 Å². The number of hydrogen-bond acceptors (Lipinski definition) is 4.